The molecule has 0 heterocycles. The van der Waals surface area contributed by atoms with Crippen molar-refractivity contribution in [3.05, 3.63) is 47.0 Å². The van der Waals surface area contributed by atoms with Crippen LogP contribution in [0.15, 0.2) is 36.4 Å². The Hall–Kier alpha value is -2.40. The zero-order valence-electron chi connectivity index (χ0n) is 11.5. The number of methoxy groups -OCH3 is 2. The van der Waals surface area contributed by atoms with E-state index >= 15 is 0 Å². The van der Waals surface area contributed by atoms with Crippen molar-refractivity contribution in [3.8, 4) is 11.5 Å². The molecule has 2 aromatic carbocycles. The molecule has 2 rings (SSSR count). The summed E-state index contributed by atoms with van der Waals surface area (Å²) in [6, 6.07) is 9.84. The third kappa shape index (κ3) is 3.20. The second-order valence-electron chi connectivity index (χ2n) is 4.16. The fourth-order valence-electron chi connectivity index (χ4n) is 1.88. The number of rotatable bonds is 5. The Labute approximate surface area is 127 Å². The van der Waals surface area contributed by atoms with Crippen molar-refractivity contribution in [2.75, 3.05) is 19.5 Å². The number of hydrogen-bond acceptors (Lipinski definition) is 4. The van der Waals surface area contributed by atoms with Gasteiger partial charge >= 0.3 is 5.97 Å². The van der Waals surface area contributed by atoms with Gasteiger partial charge in [0.1, 0.15) is 11.5 Å². The standard InChI is InChI=1S/C15H14ClNO4/c1-20-13-8-14(21-2)12(7-10(13)16)17-11-6-4-3-5-9(11)15(18)19/h3-8,17H,1-2H3,(H,18,19). The molecule has 0 unspecified atom stereocenters. The van der Waals surface area contributed by atoms with E-state index in [9.17, 15) is 9.90 Å². The largest absolute Gasteiger partial charge is 0.495 e. The Kier molecular flexibility index (Phi) is 4.55. The van der Waals surface area contributed by atoms with Crippen LogP contribution < -0.4 is 14.8 Å². The molecule has 0 aromatic heterocycles. The van der Waals surface area contributed by atoms with Gasteiger partial charge in [0.2, 0.25) is 0 Å². The Morgan fingerprint density at radius 2 is 1.76 bits per heavy atom. The van der Waals surface area contributed by atoms with Crippen LogP contribution in [0.2, 0.25) is 5.02 Å². The zero-order chi connectivity index (χ0) is 15.4. The van der Waals surface area contributed by atoms with E-state index in [0.29, 0.717) is 27.9 Å². The summed E-state index contributed by atoms with van der Waals surface area (Å²) in [5, 5.41) is 12.6. The number of carboxylic acids is 1. The predicted octanol–water partition coefficient (Wildman–Crippen LogP) is 3.80. The van der Waals surface area contributed by atoms with Gasteiger partial charge in [-0.3, -0.25) is 0 Å². The first kappa shape index (κ1) is 15.0. The summed E-state index contributed by atoms with van der Waals surface area (Å²) >= 11 is 6.09. The number of carboxylic acid groups (broad SMARTS) is 1. The molecule has 0 fully saturated rings. The van der Waals surface area contributed by atoms with Crippen molar-refractivity contribution in [3.63, 3.8) is 0 Å². The van der Waals surface area contributed by atoms with Crippen LogP contribution in [0.3, 0.4) is 0 Å². The van der Waals surface area contributed by atoms with Crippen molar-refractivity contribution in [2.24, 2.45) is 0 Å². The van der Waals surface area contributed by atoms with E-state index in [0.717, 1.165) is 0 Å². The predicted molar refractivity (Wildman–Crippen MR) is 81.2 cm³/mol. The van der Waals surface area contributed by atoms with E-state index in [1.807, 2.05) is 0 Å². The summed E-state index contributed by atoms with van der Waals surface area (Å²) in [6.45, 7) is 0. The molecule has 0 aliphatic rings. The molecule has 2 N–H and O–H groups in total. The van der Waals surface area contributed by atoms with Crippen molar-refractivity contribution >= 4 is 28.9 Å². The number of hydrogen-bond donors (Lipinski definition) is 2. The topological polar surface area (TPSA) is 67.8 Å². The van der Waals surface area contributed by atoms with E-state index in [4.69, 9.17) is 21.1 Å². The summed E-state index contributed by atoms with van der Waals surface area (Å²) in [6.07, 6.45) is 0. The summed E-state index contributed by atoms with van der Waals surface area (Å²) in [7, 11) is 3.02. The fourth-order valence-corrected chi connectivity index (χ4v) is 2.12. The lowest BCUT2D eigenvalue weighted by atomic mass is 10.1. The Morgan fingerprint density at radius 3 is 2.38 bits per heavy atom. The molecule has 0 amide bonds. The molecule has 21 heavy (non-hydrogen) atoms. The number of aromatic carboxylic acids is 1. The molecule has 0 saturated carbocycles. The third-order valence-electron chi connectivity index (χ3n) is 2.90. The van der Waals surface area contributed by atoms with Crippen LogP contribution in [0, 0.1) is 0 Å². The quantitative estimate of drug-likeness (QED) is 0.879. The van der Waals surface area contributed by atoms with Crippen LogP contribution >= 0.6 is 11.6 Å². The highest BCUT2D eigenvalue weighted by atomic mass is 35.5. The lowest BCUT2D eigenvalue weighted by Gasteiger charge is -2.15. The number of carbonyl (C=O) groups is 1. The molecule has 0 radical (unpaired) electrons. The van der Waals surface area contributed by atoms with E-state index < -0.39 is 5.97 Å². The Balaban J connectivity index is 2.44. The number of ether oxygens (including phenoxy) is 2. The van der Waals surface area contributed by atoms with Gasteiger partial charge in [0.15, 0.2) is 0 Å². The first-order valence-corrected chi connectivity index (χ1v) is 6.45. The molecule has 110 valence electrons. The molecule has 5 nitrogen and oxygen atoms in total. The van der Waals surface area contributed by atoms with Gasteiger partial charge < -0.3 is 19.9 Å². The minimum atomic E-state index is -1.02. The van der Waals surface area contributed by atoms with Crippen molar-refractivity contribution < 1.29 is 19.4 Å². The monoisotopic (exact) mass is 307 g/mol. The summed E-state index contributed by atoms with van der Waals surface area (Å²) in [4.78, 5) is 11.2. The second-order valence-corrected chi connectivity index (χ2v) is 4.57. The van der Waals surface area contributed by atoms with Crippen LogP contribution in [-0.4, -0.2) is 25.3 Å². The van der Waals surface area contributed by atoms with Crippen molar-refractivity contribution in [1.82, 2.24) is 0 Å². The van der Waals surface area contributed by atoms with Crippen LogP contribution in [0.5, 0.6) is 11.5 Å². The molecule has 0 saturated heterocycles. The van der Waals surface area contributed by atoms with Gasteiger partial charge in [0.25, 0.3) is 0 Å². The highest BCUT2D eigenvalue weighted by molar-refractivity contribution is 6.32. The smallest absolute Gasteiger partial charge is 0.337 e. The summed E-state index contributed by atoms with van der Waals surface area (Å²) in [5.74, 6) is -0.0429. The van der Waals surface area contributed by atoms with Gasteiger partial charge in [0, 0.05) is 6.07 Å². The highest BCUT2D eigenvalue weighted by Crippen LogP contribution is 2.37. The molecular formula is C15H14ClNO4. The first-order chi connectivity index (χ1) is 10.1. The Morgan fingerprint density at radius 1 is 1.10 bits per heavy atom. The van der Waals surface area contributed by atoms with Crippen molar-refractivity contribution in [1.29, 1.82) is 0 Å². The number of benzene rings is 2. The van der Waals surface area contributed by atoms with E-state index in [1.54, 1.807) is 30.3 Å². The second kappa shape index (κ2) is 6.37. The number of para-hydroxylation sites is 1. The number of nitrogens with one attached hydrogen (secondary N) is 1. The van der Waals surface area contributed by atoms with Crippen LogP contribution in [-0.2, 0) is 0 Å². The van der Waals surface area contributed by atoms with Crippen LogP contribution in [0.4, 0.5) is 11.4 Å². The average Bonchev–Trinajstić information content (AvgIpc) is 2.48. The van der Waals surface area contributed by atoms with Gasteiger partial charge in [-0.2, -0.15) is 0 Å². The molecule has 0 aliphatic heterocycles. The molecule has 0 aliphatic carbocycles. The Bertz CT molecular complexity index is 673. The lowest BCUT2D eigenvalue weighted by Crippen LogP contribution is -2.03. The third-order valence-corrected chi connectivity index (χ3v) is 3.20. The SMILES string of the molecule is COc1cc(OC)c(Nc2ccccc2C(=O)O)cc1Cl. The van der Waals surface area contributed by atoms with Gasteiger partial charge in [-0.1, -0.05) is 23.7 Å². The molecular weight excluding hydrogens is 294 g/mol. The van der Waals surface area contributed by atoms with Crippen molar-refractivity contribution in [2.45, 2.75) is 0 Å². The van der Waals surface area contributed by atoms with E-state index in [-0.39, 0.29) is 5.56 Å². The van der Waals surface area contributed by atoms with Gasteiger partial charge in [-0.05, 0) is 18.2 Å². The summed E-state index contributed by atoms with van der Waals surface area (Å²) < 4.78 is 10.4. The van der Waals surface area contributed by atoms with Gasteiger partial charge in [0.05, 0.1) is 36.2 Å². The zero-order valence-corrected chi connectivity index (χ0v) is 12.3. The molecule has 0 atom stereocenters. The van der Waals surface area contributed by atoms with E-state index in [1.165, 1.54) is 20.3 Å². The highest BCUT2D eigenvalue weighted by Gasteiger charge is 2.13. The molecule has 0 bridgehead atoms. The number of halogens is 1. The maximum Gasteiger partial charge on any atom is 0.337 e. The molecule has 0 spiro atoms. The van der Waals surface area contributed by atoms with Crippen LogP contribution in [0.1, 0.15) is 10.4 Å². The maximum absolute atomic E-state index is 11.2. The number of anilines is 2. The van der Waals surface area contributed by atoms with E-state index in [2.05, 4.69) is 5.32 Å². The molecule has 6 heteroatoms. The minimum Gasteiger partial charge on any atom is -0.495 e. The normalized spacial score (nSPS) is 10.0. The summed E-state index contributed by atoms with van der Waals surface area (Å²) in [5.41, 5.74) is 1.16. The average molecular weight is 308 g/mol. The van der Waals surface area contributed by atoms with Gasteiger partial charge in [-0.25, -0.2) is 4.79 Å². The molecule has 2 aromatic rings. The minimum absolute atomic E-state index is 0.159. The van der Waals surface area contributed by atoms with Gasteiger partial charge in [-0.15, -0.1) is 0 Å². The lowest BCUT2D eigenvalue weighted by molar-refractivity contribution is 0.0698. The fraction of sp³-hybridized carbons (Fsp3) is 0.133. The van der Waals surface area contributed by atoms with Crippen LogP contribution in [0.25, 0.3) is 0 Å². The first-order valence-electron chi connectivity index (χ1n) is 6.07. The maximum atomic E-state index is 11.2.